The third kappa shape index (κ3) is 6.10. The van der Waals surface area contributed by atoms with Crippen LogP contribution in [0, 0.1) is 5.41 Å². The number of rotatable bonds is 6. The molecule has 0 aromatic heterocycles. The first-order chi connectivity index (χ1) is 9.61. The lowest BCUT2D eigenvalue weighted by molar-refractivity contribution is -0.122. The summed E-state index contributed by atoms with van der Waals surface area (Å²) >= 11 is 0. The van der Waals surface area contributed by atoms with Gasteiger partial charge in [-0.1, -0.05) is 6.92 Å². The highest BCUT2D eigenvalue weighted by molar-refractivity contribution is 5.85. The van der Waals surface area contributed by atoms with Gasteiger partial charge in [0, 0.05) is 39.6 Å². The molecule has 1 atom stereocenters. The largest absolute Gasteiger partial charge is 0.378 e. The Morgan fingerprint density at radius 3 is 2.71 bits per heavy atom. The first-order valence-electron chi connectivity index (χ1n) is 7.87. The van der Waals surface area contributed by atoms with Crippen molar-refractivity contribution in [3.63, 3.8) is 0 Å². The molecule has 0 aromatic rings. The lowest BCUT2D eigenvalue weighted by Gasteiger charge is -2.37. The maximum atomic E-state index is 11.1. The first kappa shape index (κ1) is 18.7. The molecular weight excluding hydrogens is 290 g/mol. The van der Waals surface area contributed by atoms with Gasteiger partial charge in [-0.25, -0.2) is 0 Å². The third-order valence-electron chi connectivity index (χ3n) is 4.56. The van der Waals surface area contributed by atoms with E-state index in [4.69, 9.17) is 4.74 Å². The molecule has 0 radical (unpaired) electrons. The highest BCUT2D eigenvalue weighted by atomic mass is 35.5. The van der Waals surface area contributed by atoms with Crippen LogP contribution in [0.1, 0.15) is 32.6 Å². The van der Waals surface area contributed by atoms with Crippen molar-refractivity contribution in [1.29, 1.82) is 0 Å². The van der Waals surface area contributed by atoms with E-state index < -0.39 is 0 Å². The fourth-order valence-corrected chi connectivity index (χ4v) is 3.22. The molecule has 2 fully saturated rings. The Morgan fingerprint density at radius 2 is 2.14 bits per heavy atom. The monoisotopic (exact) mass is 319 g/mol. The molecule has 6 heteroatoms. The number of likely N-dealkylation sites (tertiary alicyclic amines) is 1. The Kier molecular flexibility index (Phi) is 7.95. The first-order valence-corrected chi connectivity index (χ1v) is 7.87. The van der Waals surface area contributed by atoms with Crippen LogP contribution in [0.2, 0.25) is 0 Å². The van der Waals surface area contributed by atoms with E-state index in [2.05, 4.69) is 22.5 Å². The topological polar surface area (TPSA) is 53.6 Å². The number of amides is 1. The van der Waals surface area contributed by atoms with Crippen molar-refractivity contribution in [2.24, 2.45) is 5.41 Å². The van der Waals surface area contributed by atoms with E-state index in [1.165, 1.54) is 13.0 Å². The van der Waals surface area contributed by atoms with E-state index in [0.717, 1.165) is 39.0 Å². The molecular formula is C15H30ClN3O2. The summed E-state index contributed by atoms with van der Waals surface area (Å²) in [7, 11) is 1.67. The summed E-state index contributed by atoms with van der Waals surface area (Å²) in [5.74, 6) is 0.0593. The molecule has 2 aliphatic heterocycles. The second kappa shape index (κ2) is 8.93. The summed E-state index contributed by atoms with van der Waals surface area (Å²) in [5.41, 5.74) is 0.451. The number of nitrogens with one attached hydrogen (secondary N) is 2. The lowest BCUT2D eigenvalue weighted by Crippen LogP contribution is -2.43. The molecule has 2 heterocycles. The van der Waals surface area contributed by atoms with Crippen molar-refractivity contribution in [2.45, 2.75) is 38.7 Å². The van der Waals surface area contributed by atoms with E-state index in [-0.39, 0.29) is 18.3 Å². The average Bonchev–Trinajstić information content (AvgIpc) is 2.87. The molecule has 2 N–H and O–H groups in total. The van der Waals surface area contributed by atoms with Crippen LogP contribution in [0.5, 0.6) is 0 Å². The number of hydrogen-bond acceptors (Lipinski definition) is 4. The summed E-state index contributed by atoms with van der Waals surface area (Å²) in [6, 6.07) is 0. The molecule has 2 aliphatic rings. The molecule has 0 spiro atoms. The van der Waals surface area contributed by atoms with Gasteiger partial charge in [-0.05, 0) is 31.2 Å². The predicted octanol–water partition coefficient (Wildman–Crippen LogP) is 1.02. The van der Waals surface area contributed by atoms with Crippen molar-refractivity contribution in [1.82, 2.24) is 15.5 Å². The van der Waals surface area contributed by atoms with Gasteiger partial charge in [-0.3, -0.25) is 4.79 Å². The van der Waals surface area contributed by atoms with E-state index in [1.807, 2.05) is 0 Å². The lowest BCUT2D eigenvalue weighted by atomic mass is 9.88. The molecule has 2 rings (SSSR count). The smallest absolute Gasteiger partial charge is 0.222 e. The SMILES string of the molecule is CNC(=O)CCOC1CCN(CC2(C)CCNC2)CC1.Cl. The highest BCUT2D eigenvalue weighted by Gasteiger charge is 2.32. The number of carbonyl (C=O) groups excluding carboxylic acids is 1. The highest BCUT2D eigenvalue weighted by Crippen LogP contribution is 2.27. The maximum absolute atomic E-state index is 11.1. The fourth-order valence-electron chi connectivity index (χ4n) is 3.22. The van der Waals surface area contributed by atoms with E-state index in [1.54, 1.807) is 7.05 Å². The van der Waals surface area contributed by atoms with Gasteiger partial charge < -0.3 is 20.3 Å². The quantitative estimate of drug-likeness (QED) is 0.767. The van der Waals surface area contributed by atoms with Gasteiger partial charge in [0.1, 0.15) is 0 Å². The van der Waals surface area contributed by atoms with Crippen LogP contribution in [0.4, 0.5) is 0 Å². The summed E-state index contributed by atoms with van der Waals surface area (Å²) in [4.78, 5) is 13.7. The van der Waals surface area contributed by atoms with Gasteiger partial charge in [-0.2, -0.15) is 0 Å². The van der Waals surface area contributed by atoms with Crippen molar-refractivity contribution in [3.05, 3.63) is 0 Å². The fraction of sp³-hybridized carbons (Fsp3) is 0.933. The van der Waals surface area contributed by atoms with Crippen LogP contribution in [0.15, 0.2) is 0 Å². The minimum atomic E-state index is 0. The Morgan fingerprint density at radius 1 is 1.43 bits per heavy atom. The Hall–Kier alpha value is -0.360. The molecule has 0 aliphatic carbocycles. The van der Waals surface area contributed by atoms with Crippen molar-refractivity contribution in [2.75, 3.05) is 46.4 Å². The Bertz CT molecular complexity index is 314. The maximum Gasteiger partial charge on any atom is 0.222 e. The second-order valence-corrected chi connectivity index (χ2v) is 6.51. The average molecular weight is 320 g/mol. The zero-order valence-corrected chi connectivity index (χ0v) is 14.1. The van der Waals surface area contributed by atoms with Gasteiger partial charge in [0.05, 0.1) is 12.7 Å². The number of ether oxygens (including phenoxy) is 1. The third-order valence-corrected chi connectivity index (χ3v) is 4.56. The normalized spacial score (nSPS) is 27.3. The van der Waals surface area contributed by atoms with E-state index in [9.17, 15) is 4.79 Å². The number of carbonyl (C=O) groups is 1. The standard InChI is InChI=1S/C15H29N3O2.ClH/c1-15(6-7-17-11-15)12-18-8-3-13(4-9-18)20-10-5-14(19)16-2;/h13,17H,3-12H2,1-2H3,(H,16,19);1H. The number of piperidine rings is 1. The van der Waals surface area contributed by atoms with Crippen LogP contribution in [0.25, 0.3) is 0 Å². The second-order valence-electron chi connectivity index (χ2n) is 6.51. The number of nitrogens with zero attached hydrogens (tertiary/aromatic N) is 1. The predicted molar refractivity (Wildman–Crippen MR) is 86.9 cm³/mol. The Labute approximate surface area is 134 Å². The van der Waals surface area contributed by atoms with Crippen molar-refractivity contribution >= 4 is 18.3 Å². The van der Waals surface area contributed by atoms with Crippen molar-refractivity contribution in [3.8, 4) is 0 Å². The molecule has 1 unspecified atom stereocenters. The molecule has 1 amide bonds. The molecule has 0 bridgehead atoms. The zero-order valence-electron chi connectivity index (χ0n) is 13.3. The minimum absolute atomic E-state index is 0. The molecule has 2 saturated heterocycles. The molecule has 0 saturated carbocycles. The van der Waals surface area contributed by atoms with E-state index in [0.29, 0.717) is 24.5 Å². The van der Waals surface area contributed by atoms with Crippen LogP contribution in [-0.2, 0) is 9.53 Å². The number of halogens is 1. The van der Waals surface area contributed by atoms with Gasteiger partial charge >= 0.3 is 0 Å². The molecule has 0 aromatic carbocycles. The van der Waals surface area contributed by atoms with Crippen LogP contribution in [-0.4, -0.2) is 63.3 Å². The van der Waals surface area contributed by atoms with Gasteiger partial charge in [0.2, 0.25) is 5.91 Å². The van der Waals surface area contributed by atoms with Gasteiger partial charge in [-0.15, -0.1) is 12.4 Å². The van der Waals surface area contributed by atoms with Gasteiger partial charge in [0.15, 0.2) is 0 Å². The summed E-state index contributed by atoms with van der Waals surface area (Å²) in [6.45, 7) is 8.70. The van der Waals surface area contributed by atoms with E-state index >= 15 is 0 Å². The molecule has 5 nitrogen and oxygen atoms in total. The van der Waals surface area contributed by atoms with Crippen molar-refractivity contribution < 1.29 is 9.53 Å². The minimum Gasteiger partial charge on any atom is -0.378 e. The Balaban J connectivity index is 0.00000220. The van der Waals surface area contributed by atoms with Crippen LogP contribution >= 0.6 is 12.4 Å². The van der Waals surface area contributed by atoms with Crippen LogP contribution in [0.3, 0.4) is 0 Å². The van der Waals surface area contributed by atoms with Gasteiger partial charge in [0.25, 0.3) is 0 Å². The number of hydrogen-bond donors (Lipinski definition) is 2. The summed E-state index contributed by atoms with van der Waals surface area (Å²) < 4.78 is 5.80. The molecule has 21 heavy (non-hydrogen) atoms. The summed E-state index contributed by atoms with van der Waals surface area (Å²) in [5, 5.41) is 6.09. The zero-order chi connectivity index (χ0) is 14.4. The molecule has 124 valence electrons. The van der Waals surface area contributed by atoms with Crippen LogP contribution < -0.4 is 10.6 Å². The summed E-state index contributed by atoms with van der Waals surface area (Å²) in [6.07, 6.45) is 4.29.